The average Bonchev–Trinajstić information content (AvgIpc) is 2.81. The number of halogens is 1. The van der Waals surface area contributed by atoms with Crippen molar-refractivity contribution >= 4 is 11.6 Å². The lowest BCUT2D eigenvalue weighted by molar-refractivity contribution is 0.196. The monoisotopic (exact) mass is 291 g/mol. The minimum atomic E-state index is 0.477. The number of H-pyrrole nitrogens is 1. The van der Waals surface area contributed by atoms with Crippen molar-refractivity contribution in [2.45, 2.75) is 32.2 Å². The van der Waals surface area contributed by atoms with E-state index in [9.17, 15) is 0 Å². The Hall–Kier alpha value is -1.46. The van der Waals surface area contributed by atoms with Crippen LogP contribution in [0.3, 0.4) is 0 Å². The third-order valence-electron chi connectivity index (χ3n) is 3.84. The maximum Gasteiger partial charge on any atom is 0.115 e. The van der Waals surface area contributed by atoms with Gasteiger partial charge >= 0.3 is 0 Å². The Labute approximate surface area is 123 Å². The number of aromatic amines is 1. The standard InChI is InChI=1S/C14H18ClN5/c1-10-14(15)13(19-18-10)8-20-6-2-3-11(7-20)12-4-5-16-9-17-12/h4-5,9,11H,2-3,6-8H2,1H3,(H,18,19)/t11-/m1/s1. The maximum absolute atomic E-state index is 6.24. The second-order valence-electron chi connectivity index (χ2n) is 5.32. The number of nitrogens with one attached hydrogen (secondary N) is 1. The zero-order chi connectivity index (χ0) is 13.9. The van der Waals surface area contributed by atoms with E-state index >= 15 is 0 Å². The summed E-state index contributed by atoms with van der Waals surface area (Å²) in [6, 6.07) is 2.01. The summed E-state index contributed by atoms with van der Waals surface area (Å²) in [7, 11) is 0. The molecule has 2 aromatic heterocycles. The van der Waals surface area contributed by atoms with Crippen molar-refractivity contribution in [3.8, 4) is 0 Å². The van der Waals surface area contributed by atoms with Crippen molar-refractivity contribution in [3.05, 3.63) is 40.7 Å². The lowest BCUT2D eigenvalue weighted by atomic mass is 9.94. The van der Waals surface area contributed by atoms with Gasteiger partial charge in [-0.2, -0.15) is 5.10 Å². The second kappa shape index (κ2) is 5.89. The first-order chi connectivity index (χ1) is 9.74. The molecule has 1 N–H and O–H groups in total. The summed E-state index contributed by atoms with van der Waals surface area (Å²) in [5.41, 5.74) is 3.01. The number of aryl methyl sites for hydroxylation is 1. The molecular weight excluding hydrogens is 274 g/mol. The molecule has 0 unspecified atom stereocenters. The van der Waals surface area contributed by atoms with Crippen LogP contribution in [0.25, 0.3) is 0 Å². The molecule has 5 nitrogen and oxygen atoms in total. The van der Waals surface area contributed by atoms with Crippen LogP contribution in [0.4, 0.5) is 0 Å². The van der Waals surface area contributed by atoms with E-state index in [1.165, 1.54) is 12.8 Å². The highest BCUT2D eigenvalue weighted by molar-refractivity contribution is 6.31. The molecule has 0 amide bonds. The molecule has 20 heavy (non-hydrogen) atoms. The van der Waals surface area contributed by atoms with E-state index < -0.39 is 0 Å². The first kappa shape index (κ1) is 13.5. The largest absolute Gasteiger partial charge is 0.297 e. The van der Waals surface area contributed by atoms with Crippen LogP contribution in [0.5, 0.6) is 0 Å². The van der Waals surface area contributed by atoms with Gasteiger partial charge in [-0.25, -0.2) is 9.97 Å². The summed E-state index contributed by atoms with van der Waals surface area (Å²) in [4.78, 5) is 10.8. The Kier molecular flexibility index (Phi) is 3.98. The summed E-state index contributed by atoms with van der Waals surface area (Å²) >= 11 is 6.24. The van der Waals surface area contributed by atoms with Crippen molar-refractivity contribution < 1.29 is 0 Å². The Morgan fingerprint density at radius 2 is 2.40 bits per heavy atom. The van der Waals surface area contributed by atoms with Crippen molar-refractivity contribution in [2.24, 2.45) is 0 Å². The summed E-state index contributed by atoms with van der Waals surface area (Å²) in [6.07, 6.45) is 5.80. The number of hydrogen-bond acceptors (Lipinski definition) is 4. The maximum atomic E-state index is 6.24. The fourth-order valence-electron chi connectivity index (χ4n) is 2.77. The van der Waals surface area contributed by atoms with Crippen molar-refractivity contribution in [1.29, 1.82) is 0 Å². The van der Waals surface area contributed by atoms with Crippen LogP contribution in [0.1, 0.15) is 35.8 Å². The molecule has 0 aromatic carbocycles. The quantitative estimate of drug-likeness (QED) is 0.944. The molecule has 6 heteroatoms. The van der Waals surface area contributed by atoms with E-state index in [-0.39, 0.29) is 0 Å². The minimum Gasteiger partial charge on any atom is -0.297 e. The van der Waals surface area contributed by atoms with E-state index in [1.54, 1.807) is 6.33 Å². The average molecular weight is 292 g/mol. The zero-order valence-corrected chi connectivity index (χ0v) is 12.3. The Morgan fingerprint density at radius 3 is 3.10 bits per heavy atom. The third kappa shape index (κ3) is 2.83. The Balaban J connectivity index is 1.68. The normalized spacial score (nSPS) is 20.2. The first-order valence-corrected chi connectivity index (χ1v) is 7.29. The topological polar surface area (TPSA) is 57.7 Å². The molecule has 3 heterocycles. The molecule has 0 aliphatic carbocycles. The van der Waals surface area contributed by atoms with Crippen molar-refractivity contribution in [1.82, 2.24) is 25.1 Å². The Morgan fingerprint density at radius 1 is 1.50 bits per heavy atom. The van der Waals surface area contributed by atoms with Crippen LogP contribution < -0.4 is 0 Å². The molecule has 1 fully saturated rings. The van der Waals surface area contributed by atoms with Crippen LogP contribution in [0.15, 0.2) is 18.6 Å². The third-order valence-corrected chi connectivity index (χ3v) is 4.34. The highest BCUT2D eigenvalue weighted by Crippen LogP contribution is 2.27. The van der Waals surface area contributed by atoms with Gasteiger partial charge in [-0.15, -0.1) is 0 Å². The predicted molar refractivity (Wildman–Crippen MR) is 77.6 cm³/mol. The number of rotatable bonds is 3. The van der Waals surface area contributed by atoms with Gasteiger partial charge in [0.1, 0.15) is 6.33 Å². The number of aromatic nitrogens is 4. The van der Waals surface area contributed by atoms with Gasteiger partial charge in [0.05, 0.1) is 16.4 Å². The van der Waals surface area contributed by atoms with Crippen LogP contribution in [0.2, 0.25) is 5.02 Å². The number of nitrogens with zero attached hydrogens (tertiary/aromatic N) is 4. The first-order valence-electron chi connectivity index (χ1n) is 6.91. The Bertz CT molecular complexity index is 568. The van der Waals surface area contributed by atoms with Gasteiger partial charge in [0.15, 0.2) is 0 Å². The van der Waals surface area contributed by atoms with Gasteiger partial charge in [-0.05, 0) is 32.4 Å². The summed E-state index contributed by atoms with van der Waals surface area (Å²) < 4.78 is 0. The van der Waals surface area contributed by atoms with E-state index in [0.717, 1.165) is 41.7 Å². The molecule has 1 saturated heterocycles. The molecule has 2 aromatic rings. The van der Waals surface area contributed by atoms with Crippen molar-refractivity contribution in [2.75, 3.05) is 13.1 Å². The van der Waals surface area contributed by atoms with Crippen molar-refractivity contribution in [3.63, 3.8) is 0 Å². The molecule has 3 rings (SSSR count). The molecule has 0 radical (unpaired) electrons. The predicted octanol–water partition coefficient (Wildman–Crippen LogP) is 2.54. The molecule has 1 atom stereocenters. The van der Waals surface area contributed by atoms with Crippen LogP contribution in [-0.2, 0) is 6.54 Å². The van der Waals surface area contributed by atoms with Crippen LogP contribution >= 0.6 is 11.6 Å². The number of likely N-dealkylation sites (tertiary alicyclic amines) is 1. The number of piperidine rings is 1. The van der Waals surface area contributed by atoms with Gasteiger partial charge in [0.25, 0.3) is 0 Å². The lowest BCUT2D eigenvalue weighted by Gasteiger charge is -2.31. The number of hydrogen-bond donors (Lipinski definition) is 1. The van der Waals surface area contributed by atoms with Gasteiger partial charge in [-0.3, -0.25) is 10.00 Å². The molecule has 0 saturated carbocycles. The van der Waals surface area contributed by atoms with Gasteiger partial charge in [0, 0.05) is 30.9 Å². The fraction of sp³-hybridized carbons (Fsp3) is 0.500. The molecule has 0 bridgehead atoms. The fourth-order valence-corrected chi connectivity index (χ4v) is 2.91. The van der Waals surface area contributed by atoms with Gasteiger partial charge in [0.2, 0.25) is 0 Å². The van der Waals surface area contributed by atoms with Gasteiger partial charge < -0.3 is 0 Å². The summed E-state index contributed by atoms with van der Waals surface area (Å²) in [5.74, 6) is 0.477. The molecular formula is C14H18ClN5. The van der Waals surface area contributed by atoms with E-state index in [4.69, 9.17) is 11.6 Å². The van der Waals surface area contributed by atoms with E-state index in [1.807, 2.05) is 19.2 Å². The van der Waals surface area contributed by atoms with Gasteiger partial charge in [-0.1, -0.05) is 11.6 Å². The molecule has 0 spiro atoms. The lowest BCUT2D eigenvalue weighted by Crippen LogP contribution is -2.34. The highest BCUT2D eigenvalue weighted by atomic mass is 35.5. The van der Waals surface area contributed by atoms with E-state index in [2.05, 4.69) is 25.1 Å². The zero-order valence-electron chi connectivity index (χ0n) is 11.5. The molecule has 1 aliphatic rings. The van der Waals surface area contributed by atoms with Crippen LogP contribution in [0, 0.1) is 6.92 Å². The molecule has 1 aliphatic heterocycles. The minimum absolute atomic E-state index is 0.477. The van der Waals surface area contributed by atoms with Crippen LogP contribution in [-0.4, -0.2) is 38.2 Å². The summed E-state index contributed by atoms with van der Waals surface area (Å²) in [6.45, 7) is 4.83. The molecule has 106 valence electrons. The van der Waals surface area contributed by atoms with E-state index in [0.29, 0.717) is 5.92 Å². The smallest absolute Gasteiger partial charge is 0.115 e. The summed E-state index contributed by atoms with van der Waals surface area (Å²) in [5, 5.41) is 7.98. The SMILES string of the molecule is Cc1[nH]nc(CN2CCC[C@@H](c3ccncn3)C2)c1Cl. The second-order valence-corrected chi connectivity index (χ2v) is 5.70. The highest BCUT2D eigenvalue weighted by Gasteiger charge is 2.23.